The Morgan fingerprint density at radius 3 is 2.55 bits per heavy atom. The second-order valence-corrected chi connectivity index (χ2v) is 9.11. The fourth-order valence-corrected chi connectivity index (χ4v) is 4.19. The molecule has 3 aliphatic rings. The van der Waals surface area contributed by atoms with Gasteiger partial charge in [-0.25, -0.2) is 0 Å². The van der Waals surface area contributed by atoms with Gasteiger partial charge in [-0.3, -0.25) is 9.59 Å². The minimum absolute atomic E-state index is 0.113. The molecule has 0 amide bonds. The Labute approximate surface area is 174 Å². The van der Waals surface area contributed by atoms with E-state index in [-0.39, 0.29) is 34.8 Å². The zero-order valence-corrected chi connectivity index (χ0v) is 18.2. The molecule has 0 unspecified atom stereocenters. The maximum absolute atomic E-state index is 12.1. The fourth-order valence-electron chi connectivity index (χ4n) is 4.19. The van der Waals surface area contributed by atoms with E-state index < -0.39 is 0 Å². The number of ether oxygens (including phenoxy) is 1. The molecular formula is C26H32O3. The molecule has 2 fully saturated rings. The summed E-state index contributed by atoms with van der Waals surface area (Å²) in [6, 6.07) is 0. The molecule has 3 rings (SSSR count). The number of Topliss-reactive ketones (excluding diaryl/α,β-unsaturated/α-hetero) is 2. The van der Waals surface area contributed by atoms with Gasteiger partial charge in [0, 0.05) is 6.42 Å². The van der Waals surface area contributed by atoms with Gasteiger partial charge in [0.15, 0.2) is 11.6 Å². The van der Waals surface area contributed by atoms with Crippen LogP contribution in [0.2, 0.25) is 0 Å². The third-order valence-electron chi connectivity index (χ3n) is 6.08. The highest BCUT2D eigenvalue weighted by molar-refractivity contribution is 6.25. The number of carbonyl (C=O) groups excluding carboxylic acids is 2. The van der Waals surface area contributed by atoms with Gasteiger partial charge in [-0.05, 0) is 57.1 Å². The number of fused-ring (bicyclic) bond motifs is 1. The van der Waals surface area contributed by atoms with Crippen molar-refractivity contribution in [3.05, 3.63) is 70.4 Å². The standard InChI is InChI=1S/C26H32O3/c1-17(11-13-20-22(27)16-23-25(29-23)24(20)28)8-6-9-18(2)12-14-21-19(3)10-7-15-26(21,4)5/h6,8-9,11-14,23,25H,7,10,15-16H2,1-5H3/b8-6+,14-12+,17-11-,18-9+,20-13+/t23-,25+/m0/s1. The number of epoxide rings is 1. The van der Waals surface area contributed by atoms with Gasteiger partial charge in [0.1, 0.15) is 6.10 Å². The van der Waals surface area contributed by atoms with Crippen molar-refractivity contribution >= 4 is 11.6 Å². The number of ketones is 2. The summed E-state index contributed by atoms with van der Waals surface area (Å²) in [4.78, 5) is 24.1. The third kappa shape index (κ3) is 5.22. The summed E-state index contributed by atoms with van der Waals surface area (Å²) >= 11 is 0. The summed E-state index contributed by atoms with van der Waals surface area (Å²) in [6.45, 7) is 11.0. The summed E-state index contributed by atoms with van der Waals surface area (Å²) in [5.41, 5.74) is 5.65. The molecule has 29 heavy (non-hydrogen) atoms. The van der Waals surface area contributed by atoms with Gasteiger partial charge < -0.3 is 4.74 Å². The largest absolute Gasteiger partial charge is 0.360 e. The molecule has 1 heterocycles. The van der Waals surface area contributed by atoms with Crippen LogP contribution in [0.25, 0.3) is 0 Å². The molecule has 0 N–H and O–H groups in total. The minimum atomic E-state index is -0.381. The quantitative estimate of drug-likeness (QED) is 0.259. The first-order valence-electron chi connectivity index (χ1n) is 10.5. The molecule has 154 valence electrons. The monoisotopic (exact) mass is 392 g/mol. The van der Waals surface area contributed by atoms with Gasteiger partial charge in [-0.2, -0.15) is 0 Å². The molecule has 2 aliphatic carbocycles. The van der Waals surface area contributed by atoms with Crippen molar-refractivity contribution in [2.45, 2.75) is 72.5 Å². The van der Waals surface area contributed by atoms with Crippen molar-refractivity contribution in [3.8, 4) is 0 Å². The van der Waals surface area contributed by atoms with E-state index in [1.807, 2.05) is 25.2 Å². The molecule has 1 saturated heterocycles. The maximum Gasteiger partial charge on any atom is 0.197 e. The van der Waals surface area contributed by atoms with E-state index in [1.54, 1.807) is 6.08 Å². The second kappa shape index (κ2) is 8.62. The van der Waals surface area contributed by atoms with Crippen molar-refractivity contribution in [1.82, 2.24) is 0 Å². The SMILES string of the molecule is CC1=C(/C=C/C(C)=C/C=C/C(C)=C\C=C2/C(=O)C[C@@H]3O[C@H]3C2=O)C(C)(C)CCC1. The molecule has 0 aromatic heterocycles. The normalized spacial score (nSPS) is 29.3. The summed E-state index contributed by atoms with van der Waals surface area (Å²) in [6.07, 6.45) is 17.5. The molecule has 0 radical (unpaired) electrons. The highest BCUT2D eigenvalue weighted by Crippen LogP contribution is 2.40. The highest BCUT2D eigenvalue weighted by atomic mass is 16.6. The summed E-state index contributed by atoms with van der Waals surface area (Å²) in [7, 11) is 0. The van der Waals surface area contributed by atoms with E-state index in [4.69, 9.17) is 4.74 Å². The van der Waals surface area contributed by atoms with Crippen LogP contribution in [0, 0.1) is 5.41 Å². The predicted octanol–water partition coefficient (Wildman–Crippen LogP) is 5.75. The smallest absolute Gasteiger partial charge is 0.197 e. The van der Waals surface area contributed by atoms with Gasteiger partial charge in [0.05, 0.1) is 11.7 Å². The predicted molar refractivity (Wildman–Crippen MR) is 118 cm³/mol. The lowest BCUT2D eigenvalue weighted by Crippen LogP contribution is -2.26. The third-order valence-corrected chi connectivity index (χ3v) is 6.08. The van der Waals surface area contributed by atoms with Gasteiger partial charge in [0.25, 0.3) is 0 Å². The Balaban J connectivity index is 1.62. The van der Waals surface area contributed by atoms with E-state index in [0.29, 0.717) is 6.42 Å². The second-order valence-electron chi connectivity index (χ2n) is 9.11. The Hall–Kier alpha value is -2.26. The molecule has 0 spiro atoms. The van der Waals surface area contributed by atoms with Crippen LogP contribution < -0.4 is 0 Å². The number of carbonyl (C=O) groups is 2. The van der Waals surface area contributed by atoms with Crippen LogP contribution in [0.15, 0.2) is 70.4 Å². The van der Waals surface area contributed by atoms with Crippen LogP contribution in [-0.2, 0) is 14.3 Å². The van der Waals surface area contributed by atoms with E-state index in [9.17, 15) is 9.59 Å². The van der Waals surface area contributed by atoms with Gasteiger partial charge >= 0.3 is 0 Å². The molecule has 0 aromatic rings. The van der Waals surface area contributed by atoms with E-state index in [0.717, 1.165) is 5.57 Å². The van der Waals surface area contributed by atoms with E-state index >= 15 is 0 Å². The first kappa shape index (κ1) is 21.4. The van der Waals surface area contributed by atoms with E-state index in [1.165, 1.54) is 36.0 Å². The number of rotatable bonds is 5. The van der Waals surface area contributed by atoms with Gasteiger partial charge in [-0.15, -0.1) is 0 Å². The number of hydrogen-bond acceptors (Lipinski definition) is 3. The lowest BCUT2D eigenvalue weighted by Gasteiger charge is -2.32. The molecule has 1 aliphatic heterocycles. The first-order chi connectivity index (χ1) is 13.7. The van der Waals surface area contributed by atoms with Gasteiger partial charge in [-0.1, -0.05) is 67.0 Å². The Kier molecular flexibility index (Phi) is 6.38. The molecule has 2 atom stereocenters. The van der Waals surface area contributed by atoms with Crippen LogP contribution >= 0.6 is 0 Å². The van der Waals surface area contributed by atoms with Crippen molar-refractivity contribution in [3.63, 3.8) is 0 Å². The maximum atomic E-state index is 12.1. The van der Waals surface area contributed by atoms with Crippen LogP contribution in [0.4, 0.5) is 0 Å². The van der Waals surface area contributed by atoms with Crippen molar-refractivity contribution in [2.75, 3.05) is 0 Å². The zero-order chi connectivity index (χ0) is 21.2. The molecule has 1 saturated carbocycles. The van der Waals surface area contributed by atoms with Crippen LogP contribution in [0.5, 0.6) is 0 Å². The lowest BCUT2D eigenvalue weighted by atomic mass is 9.72. The Bertz CT molecular complexity index is 887. The first-order valence-corrected chi connectivity index (χ1v) is 10.5. The molecule has 0 aromatic carbocycles. The minimum Gasteiger partial charge on any atom is -0.360 e. The average molecular weight is 393 g/mol. The van der Waals surface area contributed by atoms with Crippen LogP contribution in [-0.4, -0.2) is 23.8 Å². The molecule has 0 bridgehead atoms. The highest BCUT2D eigenvalue weighted by Gasteiger charge is 2.52. The van der Waals surface area contributed by atoms with Crippen molar-refractivity contribution < 1.29 is 14.3 Å². The summed E-state index contributed by atoms with van der Waals surface area (Å²) in [5.74, 6) is -0.284. The van der Waals surface area contributed by atoms with E-state index in [2.05, 4.69) is 45.9 Å². The Morgan fingerprint density at radius 2 is 1.83 bits per heavy atom. The van der Waals surface area contributed by atoms with Crippen LogP contribution in [0.1, 0.15) is 60.3 Å². The fraction of sp³-hybridized carbons (Fsp3) is 0.462. The lowest BCUT2D eigenvalue weighted by molar-refractivity contribution is -0.122. The molecule has 3 heteroatoms. The van der Waals surface area contributed by atoms with Crippen molar-refractivity contribution in [1.29, 1.82) is 0 Å². The summed E-state index contributed by atoms with van der Waals surface area (Å²) < 4.78 is 5.21. The van der Waals surface area contributed by atoms with Crippen LogP contribution in [0.3, 0.4) is 0 Å². The number of allylic oxidation sites excluding steroid dienone is 11. The van der Waals surface area contributed by atoms with Gasteiger partial charge in [0.2, 0.25) is 0 Å². The summed E-state index contributed by atoms with van der Waals surface area (Å²) in [5, 5.41) is 0. The number of hydrogen-bond donors (Lipinski definition) is 0. The zero-order valence-electron chi connectivity index (χ0n) is 18.2. The molecule has 3 nitrogen and oxygen atoms in total. The van der Waals surface area contributed by atoms with Crippen molar-refractivity contribution in [2.24, 2.45) is 5.41 Å². The molecular weight excluding hydrogens is 360 g/mol. The Morgan fingerprint density at radius 1 is 1.10 bits per heavy atom. The topological polar surface area (TPSA) is 46.7 Å². The average Bonchev–Trinajstić information content (AvgIpc) is 3.40.